The van der Waals surface area contributed by atoms with E-state index in [1.807, 2.05) is 0 Å². The van der Waals surface area contributed by atoms with Crippen LogP contribution in [0.2, 0.25) is 0 Å². The van der Waals surface area contributed by atoms with Crippen molar-refractivity contribution in [3.8, 4) is 0 Å². The fourth-order valence-corrected chi connectivity index (χ4v) is 1.57. The molecule has 1 nitrogen and oxygen atoms in total. The maximum absolute atomic E-state index is 3.77. The van der Waals surface area contributed by atoms with Crippen LogP contribution in [-0.4, -0.2) is 24.0 Å². The van der Waals surface area contributed by atoms with Crippen molar-refractivity contribution < 1.29 is 0 Å². The molecule has 0 aromatic heterocycles. The third-order valence-electron chi connectivity index (χ3n) is 2.21. The molecule has 2 heterocycles. The summed E-state index contributed by atoms with van der Waals surface area (Å²) in [5, 5.41) is 0. The molecule has 2 rings (SSSR count). The van der Waals surface area contributed by atoms with E-state index in [1.54, 1.807) is 0 Å². The summed E-state index contributed by atoms with van der Waals surface area (Å²) in [5.41, 5.74) is 0. The lowest BCUT2D eigenvalue weighted by molar-refractivity contribution is 0.546. The fraction of sp³-hybridized carbons (Fsp3) is 0.714. The minimum absolute atomic E-state index is 0.814. The van der Waals surface area contributed by atoms with Crippen LogP contribution < -0.4 is 0 Å². The SMILES string of the molecule is C=CC1CC2CN2C1. The summed E-state index contributed by atoms with van der Waals surface area (Å²) in [6.07, 6.45) is 3.47. The minimum atomic E-state index is 0.814. The van der Waals surface area contributed by atoms with E-state index in [0.29, 0.717) is 0 Å². The second kappa shape index (κ2) is 1.35. The third-order valence-corrected chi connectivity index (χ3v) is 2.21. The van der Waals surface area contributed by atoms with E-state index in [0.717, 1.165) is 12.0 Å². The Labute approximate surface area is 50.0 Å². The molecule has 0 bridgehead atoms. The molecule has 2 aliphatic heterocycles. The number of fused-ring (bicyclic) bond motifs is 1. The zero-order chi connectivity index (χ0) is 5.56. The van der Waals surface area contributed by atoms with Gasteiger partial charge in [-0.05, 0) is 12.3 Å². The first-order valence-electron chi connectivity index (χ1n) is 3.27. The Hall–Kier alpha value is -0.300. The second-order valence-electron chi connectivity index (χ2n) is 2.84. The summed E-state index contributed by atoms with van der Waals surface area (Å²) < 4.78 is 0. The van der Waals surface area contributed by atoms with Crippen molar-refractivity contribution >= 4 is 0 Å². The largest absolute Gasteiger partial charge is 0.297 e. The van der Waals surface area contributed by atoms with E-state index in [9.17, 15) is 0 Å². The number of hydrogen-bond acceptors (Lipinski definition) is 1. The molecule has 3 atom stereocenters. The lowest BCUT2D eigenvalue weighted by atomic mass is 10.1. The van der Waals surface area contributed by atoms with Crippen LogP contribution in [0.5, 0.6) is 0 Å². The third kappa shape index (κ3) is 0.511. The van der Waals surface area contributed by atoms with Gasteiger partial charge in [0.2, 0.25) is 0 Å². The van der Waals surface area contributed by atoms with Crippen molar-refractivity contribution in [3.05, 3.63) is 12.7 Å². The average molecular weight is 109 g/mol. The highest BCUT2D eigenvalue weighted by Crippen LogP contribution is 2.34. The van der Waals surface area contributed by atoms with Crippen LogP contribution in [0.1, 0.15) is 6.42 Å². The molecular weight excluding hydrogens is 98.1 g/mol. The Bertz CT molecular complexity index is 110. The molecule has 8 heavy (non-hydrogen) atoms. The summed E-state index contributed by atoms with van der Waals surface area (Å²) in [5.74, 6) is 0.814. The molecule has 2 aliphatic rings. The van der Waals surface area contributed by atoms with Crippen molar-refractivity contribution in [1.29, 1.82) is 0 Å². The molecule has 0 aromatic rings. The molecular formula is C7H11N. The summed E-state index contributed by atoms with van der Waals surface area (Å²) >= 11 is 0. The van der Waals surface area contributed by atoms with E-state index in [1.165, 1.54) is 19.5 Å². The minimum Gasteiger partial charge on any atom is -0.297 e. The molecule has 0 radical (unpaired) electrons. The van der Waals surface area contributed by atoms with Crippen molar-refractivity contribution in [2.24, 2.45) is 5.92 Å². The maximum atomic E-state index is 3.77. The van der Waals surface area contributed by atoms with Crippen LogP contribution >= 0.6 is 0 Å². The Kier molecular flexibility index (Phi) is 0.770. The van der Waals surface area contributed by atoms with Gasteiger partial charge in [0.05, 0.1) is 0 Å². The highest BCUT2D eigenvalue weighted by molar-refractivity contribution is 5.03. The Balaban J connectivity index is 1.98. The van der Waals surface area contributed by atoms with Gasteiger partial charge in [-0.2, -0.15) is 0 Å². The quantitative estimate of drug-likeness (QED) is 0.357. The predicted octanol–water partition coefficient (Wildman–Crippen LogP) is 0.876. The van der Waals surface area contributed by atoms with E-state index in [2.05, 4.69) is 17.6 Å². The zero-order valence-electron chi connectivity index (χ0n) is 5.01. The zero-order valence-corrected chi connectivity index (χ0v) is 5.01. The molecule has 44 valence electrons. The average Bonchev–Trinajstić information content (AvgIpc) is 2.40. The van der Waals surface area contributed by atoms with Gasteiger partial charge in [-0.15, -0.1) is 6.58 Å². The summed E-state index contributed by atoms with van der Waals surface area (Å²) in [7, 11) is 0. The summed E-state index contributed by atoms with van der Waals surface area (Å²) in [4.78, 5) is 2.51. The van der Waals surface area contributed by atoms with E-state index in [-0.39, 0.29) is 0 Å². The first-order chi connectivity index (χ1) is 3.90. The van der Waals surface area contributed by atoms with Crippen molar-refractivity contribution in [1.82, 2.24) is 4.90 Å². The van der Waals surface area contributed by atoms with Gasteiger partial charge in [0.25, 0.3) is 0 Å². The topological polar surface area (TPSA) is 3.01 Å². The van der Waals surface area contributed by atoms with Gasteiger partial charge >= 0.3 is 0 Å². The van der Waals surface area contributed by atoms with E-state index < -0.39 is 0 Å². The van der Waals surface area contributed by atoms with Crippen LogP contribution in [0.4, 0.5) is 0 Å². The van der Waals surface area contributed by atoms with Crippen LogP contribution in [0.15, 0.2) is 12.7 Å². The van der Waals surface area contributed by atoms with E-state index in [4.69, 9.17) is 0 Å². The molecule has 0 aromatic carbocycles. The molecule has 0 amide bonds. The normalized spacial score (nSPS) is 50.8. The molecule has 3 unspecified atom stereocenters. The smallest absolute Gasteiger partial charge is 0.0230 e. The molecule has 0 aliphatic carbocycles. The number of rotatable bonds is 1. The summed E-state index contributed by atoms with van der Waals surface area (Å²) in [6, 6.07) is 0.956. The number of nitrogens with zero attached hydrogens (tertiary/aromatic N) is 1. The Morgan fingerprint density at radius 2 is 2.38 bits per heavy atom. The van der Waals surface area contributed by atoms with Crippen LogP contribution in [-0.2, 0) is 0 Å². The molecule has 2 fully saturated rings. The standard InChI is InChI=1S/C7H11N/c1-2-6-3-7-5-8(7)4-6/h2,6-7H,1,3-5H2. The number of hydrogen-bond donors (Lipinski definition) is 0. The fourth-order valence-electron chi connectivity index (χ4n) is 1.57. The summed E-state index contributed by atoms with van der Waals surface area (Å²) in [6.45, 7) is 6.42. The monoisotopic (exact) mass is 109 g/mol. The van der Waals surface area contributed by atoms with Gasteiger partial charge in [0.15, 0.2) is 0 Å². The van der Waals surface area contributed by atoms with Gasteiger partial charge in [-0.25, -0.2) is 0 Å². The second-order valence-corrected chi connectivity index (χ2v) is 2.84. The van der Waals surface area contributed by atoms with E-state index >= 15 is 0 Å². The molecule has 2 saturated heterocycles. The van der Waals surface area contributed by atoms with Crippen LogP contribution in [0.25, 0.3) is 0 Å². The molecule has 0 N–H and O–H groups in total. The first-order valence-corrected chi connectivity index (χ1v) is 3.27. The van der Waals surface area contributed by atoms with Crippen molar-refractivity contribution in [2.45, 2.75) is 12.5 Å². The molecule has 1 heteroatoms. The lowest BCUT2D eigenvalue weighted by Gasteiger charge is -2.00. The van der Waals surface area contributed by atoms with Crippen molar-refractivity contribution in [3.63, 3.8) is 0 Å². The lowest BCUT2D eigenvalue weighted by Crippen LogP contribution is -2.02. The van der Waals surface area contributed by atoms with Gasteiger partial charge in [0.1, 0.15) is 0 Å². The Morgan fingerprint density at radius 3 is 2.75 bits per heavy atom. The van der Waals surface area contributed by atoms with Gasteiger partial charge in [0, 0.05) is 19.1 Å². The Morgan fingerprint density at radius 1 is 1.50 bits per heavy atom. The van der Waals surface area contributed by atoms with Gasteiger partial charge in [-0.3, -0.25) is 4.90 Å². The number of piperidine rings is 1. The van der Waals surface area contributed by atoms with Gasteiger partial charge in [-0.1, -0.05) is 6.08 Å². The van der Waals surface area contributed by atoms with Gasteiger partial charge < -0.3 is 0 Å². The van der Waals surface area contributed by atoms with Crippen LogP contribution in [0.3, 0.4) is 0 Å². The highest BCUT2D eigenvalue weighted by atomic mass is 15.3. The highest BCUT2D eigenvalue weighted by Gasteiger charge is 2.41. The molecule has 0 saturated carbocycles. The van der Waals surface area contributed by atoms with Crippen molar-refractivity contribution in [2.75, 3.05) is 13.1 Å². The first kappa shape index (κ1) is 4.57. The molecule has 0 spiro atoms. The van der Waals surface area contributed by atoms with Crippen LogP contribution in [0, 0.1) is 5.92 Å². The maximum Gasteiger partial charge on any atom is 0.0230 e. The predicted molar refractivity (Wildman–Crippen MR) is 33.7 cm³/mol.